The zero-order valence-electron chi connectivity index (χ0n) is 12.3. The van der Waals surface area contributed by atoms with Crippen LogP contribution in [0.1, 0.15) is 20.8 Å². The average Bonchev–Trinajstić information content (AvgIpc) is 2.41. The van der Waals surface area contributed by atoms with Crippen LogP contribution in [0.25, 0.3) is 11.0 Å². The quantitative estimate of drug-likeness (QED) is 0.636. The first kappa shape index (κ1) is 14.9. The van der Waals surface area contributed by atoms with Gasteiger partial charge in [0.05, 0.1) is 18.6 Å². The van der Waals surface area contributed by atoms with Crippen LogP contribution in [-0.2, 0) is 4.79 Å². The third kappa shape index (κ3) is 3.16. The summed E-state index contributed by atoms with van der Waals surface area (Å²) in [6.07, 6.45) is -0.202. The van der Waals surface area contributed by atoms with Gasteiger partial charge in [0.25, 0.3) is 5.75 Å². The summed E-state index contributed by atoms with van der Waals surface area (Å²) in [6, 6.07) is 4.95. The summed E-state index contributed by atoms with van der Waals surface area (Å²) in [6.45, 7) is 4.82. The van der Waals surface area contributed by atoms with E-state index < -0.39 is 11.6 Å². The Balaban J connectivity index is 2.74. The van der Waals surface area contributed by atoms with Gasteiger partial charge in [0, 0.05) is 13.0 Å². The number of benzene rings is 1. The fourth-order valence-electron chi connectivity index (χ4n) is 1.85. The summed E-state index contributed by atoms with van der Waals surface area (Å²) in [5, 5.41) is 0.528. The van der Waals surface area contributed by atoms with Gasteiger partial charge in [0.1, 0.15) is 11.3 Å². The van der Waals surface area contributed by atoms with Crippen molar-refractivity contribution in [1.29, 1.82) is 0 Å². The second kappa shape index (κ2) is 5.87. The van der Waals surface area contributed by atoms with Crippen LogP contribution in [0.4, 0.5) is 0 Å². The molecule has 6 nitrogen and oxygen atoms in total. The lowest BCUT2D eigenvalue weighted by molar-refractivity contribution is -0.132. The first-order chi connectivity index (χ1) is 9.92. The standard InChI is InChI=1S/C15H16O6/c1-8(2)19-13-11-6-5-10(18-4)7-12(11)21-15(17)14(13)20-9(3)16/h5-8H,1-4H3. The van der Waals surface area contributed by atoms with Gasteiger partial charge in [0.15, 0.2) is 5.75 Å². The number of methoxy groups -OCH3 is 1. The highest BCUT2D eigenvalue weighted by atomic mass is 16.6. The number of fused-ring (bicyclic) bond motifs is 1. The van der Waals surface area contributed by atoms with E-state index >= 15 is 0 Å². The van der Waals surface area contributed by atoms with Crippen LogP contribution in [0, 0.1) is 0 Å². The van der Waals surface area contributed by atoms with E-state index in [0.29, 0.717) is 16.7 Å². The van der Waals surface area contributed by atoms with Crippen molar-refractivity contribution in [3.63, 3.8) is 0 Å². The fourth-order valence-corrected chi connectivity index (χ4v) is 1.85. The van der Waals surface area contributed by atoms with Crippen LogP contribution in [0.2, 0.25) is 0 Å². The summed E-state index contributed by atoms with van der Waals surface area (Å²) in [7, 11) is 1.51. The number of esters is 1. The maximum Gasteiger partial charge on any atom is 0.383 e. The van der Waals surface area contributed by atoms with Crippen LogP contribution in [-0.4, -0.2) is 19.2 Å². The van der Waals surface area contributed by atoms with E-state index in [4.69, 9.17) is 18.6 Å². The van der Waals surface area contributed by atoms with Gasteiger partial charge in [-0.3, -0.25) is 4.79 Å². The molecule has 0 N–H and O–H groups in total. The van der Waals surface area contributed by atoms with Gasteiger partial charge in [0.2, 0.25) is 0 Å². The zero-order chi connectivity index (χ0) is 15.6. The molecule has 0 saturated heterocycles. The van der Waals surface area contributed by atoms with Gasteiger partial charge in [-0.1, -0.05) is 0 Å². The molecule has 0 spiro atoms. The molecule has 0 unspecified atom stereocenters. The van der Waals surface area contributed by atoms with Gasteiger partial charge >= 0.3 is 11.6 Å². The lowest BCUT2D eigenvalue weighted by Crippen LogP contribution is -2.15. The van der Waals surface area contributed by atoms with Crippen molar-refractivity contribution >= 4 is 16.9 Å². The molecule has 21 heavy (non-hydrogen) atoms. The molecule has 2 rings (SSSR count). The molecule has 0 aliphatic rings. The van der Waals surface area contributed by atoms with Crippen molar-refractivity contribution < 1.29 is 23.4 Å². The maximum atomic E-state index is 12.0. The summed E-state index contributed by atoms with van der Waals surface area (Å²) in [5.74, 6) is -0.131. The van der Waals surface area contributed by atoms with Gasteiger partial charge in [-0.05, 0) is 26.0 Å². The highest BCUT2D eigenvalue weighted by molar-refractivity contribution is 5.87. The molecule has 6 heteroatoms. The number of hydrogen-bond acceptors (Lipinski definition) is 6. The Morgan fingerprint density at radius 2 is 1.95 bits per heavy atom. The number of carbonyl (C=O) groups is 1. The molecule has 0 bridgehead atoms. The average molecular weight is 292 g/mol. The summed E-state index contributed by atoms with van der Waals surface area (Å²) < 4.78 is 20.8. The molecule has 112 valence electrons. The van der Waals surface area contributed by atoms with Crippen LogP contribution in [0.5, 0.6) is 17.2 Å². The summed E-state index contributed by atoms with van der Waals surface area (Å²) >= 11 is 0. The molecule has 0 aliphatic carbocycles. The minimum Gasteiger partial charge on any atom is -0.497 e. The maximum absolute atomic E-state index is 12.0. The van der Waals surface area contributed by atoms with E-state index in [0.717, 1.165) is 0 Å². The number of ether oxygens (including phenoxy) is 3. The predicted octanol–water partition coefficient (Wildman–Crippen LogP) is 2.51. The van der Waals surface area contributed by atoms with Crippen molar-refractivity contribution in [2.24, 2.45) is 0 Å². The SMILES string of the molecule is COc1ccc2c(OC(C)C)c(OC(C)=O)c(=O)oc2c1. The molecule has 0 atom stereocenters. The van der Waals surface area contributed by atoms with Gasteiger partial charge in [-0.25, -0.2) is 4.79 Å². The van der Waals surface area contributed by atoms with Crippen LogP contribution in [0.3, 0.4) is 0 Å². The van der Waals surface area contributed by atoms with Crippen LogP contribution >= 0.6 is 0 Å². The lowest BCUT2D eigenvalue weighted by atomic mass is 10.2. The number of rotatable bonds is 4. The third-order valence-corrected chi connectivity index (χ3v) is 2.63. The minimum atomic E-state index is -0.776. The molecule has 2 aromatic rings. The summed E-state index contributed by atoms with van der Waals surface area (Å²) in [4.78, 5) is 23.2. The molecule has 1 aromatic carbocycles. The van der Waals surface area contributed by atoms with Gasteiger partial charge < -0.3 is 18.6 Å². The Kier molecular flexibility index (Phi) is 4.16. The van der Waals surface area contributed by atoms with Crippen LogP contribution in [0.15, 0.2) is 27.4 Å². The Labute approximate surface area is 121 Å². The van der Waals surface area contributed by atoms with Crippen molar-refractivity contribution in [3.8, 4) is 17.2 Å². The first-order valence-corrected chi connectivity index (χ1v) is 6.42. The van der Waals surface area contributed by atoms with E-state index in [-0.39, 0.29) is 17.6 Å². The largest absolute Gasteiger partial charge is 0.497 e. The molecule has 0 saturated carbocycles. The Morgan fingerprint density at radius 1 is 1.24 bits per heavy atom. The molecular weight excluding hydrogens is 276 g/mol. The lowest BCUT2D eigenvalue weighted by Gasteiger charge is -2.15. The van der Waals surface area contributed by atoms with E-state index in [1.807, 2.05) is 13.8 Å². The normalized spacial score (nSPS) is 10.7. The number of hydrogen-bond donors (Lipinski definition) is 0. The van der Waals surface area contributed by atoms with Gasteiger partial charge in [-0.15, -0.1) is 0 Å². The smallest absolute Gasteiger partial charge is 0.383 e. The van der Waals surface area contributed by atoms with Crippen molar-refractivity contribution in [2.75, 3.05) is 7.11 Å². The van der Waals surface area contributed by atoms with Crippen LogP contribution < -0.4 is 19.8 Å². The molecule has 1 heterocycles. The second-order valence-corrected chi connectivity index (χ2v) is 4.67. The van der Waals surface area contributed by atoms with Gasteiger partial charge in [-0.2, -0.15) is 0 Å². The van der Waals surface area contributed by atoms with Crippen molar-refractivity contribution in [1.82, 2.24) is 0 Å². The minimum absolute atomic E-state index is 0.189. The molecule has 0 fully saturated rings. The highest BCUT2D eigenvalue weighted by Gasteiger charge is 2.20. The summed E-state index contributed by atoms with van der Waals surface area (Å²) in [5.41, 5.74) is -0.479. The Morgan fingerprint density at radius 3 is 2.52 bits per heavy atom. The monoisotopic (exact) mass is 292 g/mol. The van der Waals surface area contributed by atoms with E-state index in [2.05, 4.69) is 0 Å². The molecule has 1 aromatic heterocycles. The van der Waals surface area contributed by atoms with E-state index in [1.165, 1.54) is 14.0 Å². The zero-order valence-corrected chi connectivity index (χ0v) is 12.3. The third-order valence-electron chi connectivity index (χ3n) is 2.63. The Hall–Kier alpha value is -2.50. The fraction of sp³-hybridized carbons (Fsp3) is 0.333. The topological polar surface area (TPSA) is 75.0 Å². The first-order valence-electron chi connectivity index (χ1n) is 6.42. The molecule has 0 radical (unpaired) electrons. The molecule has 0 amide bonds. The Bertz CT molecular complexity index is 729. The number of carbonyl (C=O) groups excluding carboxylic acids is 1. The molecule has 0 aliphatic heterocycles. The van der Waals surface area contributed by atoms with Crippen molar-refractivity contribution in [3.05, 3.63) is 28.6 Å². The highest BCUT2D eigenvalue weighted by Crippen LogP contribution is 2.35. The van der Waals surface area contributed by atoms with E-state index in [1.54, 1.807) is 18.2 Å². The second-order valence-electron chi connectivity index (χ2n) is 4.67. The predicted molar refractivity (Wildman–Crippen MR) is 76.1 cm³/mol. The van der Waals surface area contributed by atoms with E-state index in [9.17, 15) is 9.59 Å². The van der Waals surface area contributed by atoms with Crippen molar-refractivity contribution in [2.45, 2.75) is 26.9 Å². The molecular formula is C15H16O6.